The molecule has 2 heterocycles. The lowest BCUT2D eigenvalue weighted by Gasteiger charge is -2.06. The van der Waals surface area contributed by atoms with E-state index in [0.29, 0.717) is 23.7 Å². The predicted molar refractivity (Wildman–Crippen MR) is 77.6 cm³/mol. The fraction of sp³-hybridized carbons (Fsp3) is 0.250. The van der Waals surface area contributed by atoms with Gasteiger partial charge in [-0.05, 0) is 24.3 Å². The number of nitrogens with zero attached hydrogens (tertiary/aromatic N) is 3. The second-order valence-corrected chi connectivity index (χ2v) is 5.04. The van der Waals surface area contributed by atoms with Crippen LogP contribution in [-0.2, 0) is 19.1 Å². The average Bonchev–Trinajstić information content (AvgIpc) is 3.16. The molecule has 0 amide bonds. The van der Waals surface area contributed by atoms with Crippen molar-refractivity contribution >= 4 is 0 Å². The monoisotopic (exact) mass is 321 g/mol. The van der Waals surface area contributed by atoms with E-state index in [2.05, 4.69) is 9.97 Å². The summed E-state index contributed by atoms with van der Waals surface area (Å²) in [7, 11) is 0. The molecule has 2 aromatic heterocycles. The zero-order valence-corrected chi connectivity index (χ0v) is 12.3. The molecule has 0 bridgehead atoms. The molecular weight excluding hydrogens is 307 g/mol. The van der Waals surface area contributed by atoms with Crippen molar-refractivity contribution in [1.82, 2.24) is 14.5 Å². The van der Waals surface area contributed by atoms with Crippen LogP contribution in [0.15, 0.2) is 47.3 Å². The summed E-state index contributed by atoms with van der Waals surface area (Å²) in [5, 5.41) is 0. The normalized spacial score (nSPS) is 11.8. The minimum Gasteiger partial charge on any atom is -0.444 e. The Labute approximate surface area is 130 Å². The Balaban J connectivity index is 1.79. The first kappa shape index (κ1) is 15.3. The molecule has 0 saturated carbocycles. The molecule has 0 unspecified atom stereocenters. The molecule has 0 N–H and O–H groups in total. The van der Waals surface area contributed by atoms with Crippen LogP contribution in [0.25, 0.3) is 11.5 Å². The van der Waals surface area contributed by atoms with E-state index in [9.17, 15) is 13.2 Å². The second-order valence-electron chi connectivity index (χ2n) is 5.04. The zero-order chi connectivity index (χ0) is 16.4. The third-order valence-corrected chi connectivity index (χ3v) is 3.46. The molecule has 120 valence electrons. The quantitative estimate of drug-likeness (QED) is 0.724. The second kappa shape index (κ2) is 5.91. The van der Waals surface area contributed by atoms with Gasteiger partial charge in [-0.25, -0.2) is 9.97 Å². The maximum absolute atomic E-state index is 12.6. The number of aryl methyl sites for hydroxylation is 1. The fourth-order valence-corrected chi connectivity index (χ4v) is 2.29. The summed E-state index contributed by atoms with van der Waals surface area (Å²) in [5.41, 5.74) is 0.497. The summed E-state index contributed by atoms with van der Waals surface area (Å²) < 4.78 is 45.0. The van der Waals surface area contributed by atoms with E-state index in [4.69, 9.17) is 4.42 Å². The SMILES string of the molecule is CCc1nccn1Cc1coc(-c2ccc(C(F)(F)F)cc2)n1. The van der Waals surface area contributed by atoms with Gasteiger partial charge >= 0.3 is 6.18 Å². The zero-order valence-electron chi connectivity index (χ0n) is 12.3. The van der Waals surface area contributed by atoms with Gasteiger partial charge in [-0.15, -0.1) is 0 Å². The van der Waals surface area contributed by atoms with E-state index >= 15 is 0 Å². The van der Waals surface area contributed by atoms with Crippen molar-refractivity contribution in [2.75, 3.05) is 0 Å². The standard InChI is InChI=1S/C16H14F3N3O/c1-2-14-20-7-8-22(14)9-13-10-23-15(21-13)11-3-5-12(6-4-11)16(17,18)19/h3-8,10H,2,9H2,1H3. The van der Waals surface area contributed by atoms with Crippen molar-refractivity contribution < 1.29 is 17.6 Å². The number of imidazole rings is 1. The minimum atomic E-state index is -4.35. The van der Waals surface area contributed by atoms with Crippen LogP contribution in [0.2, 0.25) is 0 Å². The fourth-order valence-electron chi connectivity index (χ4n) is 2.29. The minimum absolute atomic E-state index is 0.298. The third kappa shape index (κ3) is 3.28. The van der Waals surface area contributed by atoms with Crippen LogP contribution in [0.1, 0.15) is 24.0 Å². The van der Waals surface area contributed by atoms with Gasteiger partial charge in [0.15, 0.2) is 0 Å². The highest BCUT2D eigenvalue weighted by atomic mass is 19.4. The third-order valence-electron chi connectivity index (χ3n) is 3.46. The van der Waals surface area contributed by atoms with Crippen molar-refractivity contribution in [3.05, 3.63) is 60.0 Å². The number of oxazole rings is 1. The van der Waals surface area contributed by atoms with Crippen molar-refractivity contribution in [2.24, 2.45) is 0 Å². The Kier molecular flexibility index (Phi) is 3.94. The summed E-state index contributed by atoms with van der Waals surface area (Å²) in [6, 6.07) is 4.74. The van der Waals surface area contributed by atoms with Crippen LogP contribution in [0.4, 0.5) is 13.2 Å². The molecule has 0 fully saturated rings. The van der Waals surface area contributed by atoms with Gasteiger partial charge in [0.25, 0.3) is 0 Å². The Morgan fingerprint density at radius 1 is 1.17 bits per heavy atom. The van der Waals surface area contributed by atoms with Crippen LogP contribution < -0.4 is 0 Å². The van der Waals surface area contributed by atoms with Crippen molar-refractivity contribution in [3.63, 3.8) is 0 Å². The number of alkyl halides is 3. The summed E-state index contributed by atoms with van der Waals surface area (Å²) >= 11 is 0. The molecular formula is C16H14F3N3O. The summed E-state index contributed by atoms with van der Waals surface area (Å²) in [6.45, 7) is 2.52. The highest BCUT2D eigenvalue weighted by Crippen LogP contribution is 2.30. The molecule has 4 nitrogen and oxygen atoms in total. The van der Waals surface area contributed by atoms with E-state index < -0.39 is 11.7 Å². The van der Waals surface area contributed by atoms with E-state index in [0.717, 1.165) is 24.4 Å². The molecule has 0 saturated heterocycles. The molecule has 0 aliphatic rings. The van der Waals surface area contributed by atoms with Gasteiger partial charge < -0.3 is 8.98 Å². The molecule has 0 atom stereocenters. The van der Waals surface area contributed by atoms with E-state index in [-0.39, 0.29) is 0 Å². The van der Waals surface area contributed by atoms with Gasteiger partial charge in [-0.3, -0.25) is 0 Å². The molecule has 1 aromatic carbocycles. The van der Waals surface area contributed by atoms with Gasteiger partial charge in [0, 0.05) is 24.4 Å². The van der Waals surface area contributed by atoms with Crippen LogP contribution >= 0.6 is 0 Å². The van der Waals surface area contributed by atoms with E-state index in [1.807, 2.05) is 17.7 Å². The first-order valence-electron chi connectivity index (χ1n) is 7.09. The van der Waals surface area contributed by atoms with Crippen molar-refractivity contribution in [2.45, 2.75) is 26.1 Å². The first-order valence-corrected chi connectivity index (χ1v) is 7.09. The molecule has 0 spiro atoms. The predicted octanol–water partition coefficient (Wildman–Crippen LogP) is 4.17. The largest absolute Gasteiger partial charge is 0.444 e. The topological polar surface area (TPSA) is 43.9 Å². The molecule has 0 aliphatic carbocycles. The number of rotatable bonds is 4. The van der Waals surface area contributed by atoms with Crippen LogP contribution in [0.5, 0.6) is 0 Å². The number of benzene rings is 1. The van der Waals surface area contributed by atoms with Gasteiger partial charge in [-0.1, -0.05) is 6.92 Å². The maximum Gasteiger partial charge on any atom is 0.416 e. The van der Waals surface area contributed by atoms with Crippen molar-refractivity contribution in [3.8, 4) is 11.5 Å². The van der Waals surface area contributed by atoms with Gasteiger partial charge in [0.05, 0.1) is 17.8 Å². The van der Waals surface area contributed by atoms with Crippen LogP contribution in [0.3, 0.4) is 0 Å². The number of halogens is 3. The van der Waals surface area contributed by atoms with Crippen LogP contribution in [0, 0.1) is 0 Å². The van der Waals surface area contributed by atoms with Crippen molar-refractivity contribution in [1.29, 1.82) is 0 Å². The van der Waals surface area contributed by atoms with Gasteiger partial charge in [0.2, 0.25) is 5.89 Å². The van der Waals surface area contributed by atoms with Gasteiger partial charge in [0.1, 0.15) is 12.1 Å². The molecule has 3 rings (SSSR count). The molecule has 0 aliphatic heterocycles. The lowest BCUT2D eigenvalue weighted by Crippen LogP contribution is -2.04. The first-order chi connectivity index (χ1) is 11.0. The molecule has 3 aromatic rings. The Morgan fingerprint density at radius 3 is 2.57 bits per heavy atom. The summed E-state index contributed by atoms with van der Waals surface area (Å²) in [6.07, 6.45) is 1.53. The highest BCUT2D eigenvalue weighted by molar-refractivity contribution is 5.54. The van der Waals surface area contributed by atoms with Crippen LogP contribution in [-0.4, -0.2) is 14.5 Å². The molecule has 7 heteroatoms. The Bertz CT molecular complexity index is 788. The van der Waals surface area contributed by atoms with E-state index in [1.165, 1.54) is 18.4 Å². The smallest absolute Gasteiger partial charge is 0.416 e. The lowest BCUT2D eigenvalue weighted by molar-refractivity contribution is -0.137. The van der Waals surface area contributed by atoms with E-state index in [1.54, 1.807) is 6.20 Å². The Morgan fingerprint density at radius 2 is 1.91 bits per heavy atom. The summed E-state index contributed by atoms with van der Waals surface area (Å²) in [5.74, 6) is 1.23. The van der Waals surface area contributed by atoms with Gasteiger partial charge in [-0.2, -0.15) is 13.2 Å². The molecule has 23 heavy (non-hydrogen) atoms. The average molecular weight is 321 g/mol. The number of aromatic nitrogens is 3. The maximum atomic E-state index is 12.6. The number of hydrogen-bond donors (Lipinski definition) is 0. The lowest BCUT2D eigenvalue weighted by atomic mass is 10.1. The molecule has 0 radical (unpaired) electrons. The Hall–Kier alpha value is -2.57. The summed E-state index contributed by atoms with van der Waals surface area (Å²) in [4.78, 5) is 8.55. The highest BCUT2D eigenvalue weighted by Gasteiger charge is 2.30. The number of hydrogen-bond acceptors (Lipinski definition) is 3.